The molecular weight excluding hydrogens is 277 g/mol. The molecule has 0 bridgehead atoms. The zero-order valence-electron chi connectivity index (χ0n) is 11.5. The summed E-state index contributed by atoms with van der Waals surface area (Å²) in [6.07, 6.45) is 0. The third-order valence-electron chi connectivity index (χ3n) is 3.19. The van der Waals surface area contributed by atoms with E-state index < -0.39 is 0 Å². The number of nitrogens with one attached hydrogen (secondary N) is 1. The Kier molecular flexibility index (Phi) is 4.99. The zero-order valence-corrected chi connectivity index (χ0v) is 12.2. The second-order valence-corrected chi connectivity index (χ2v) is 5.05. The highest BCUT2D eigenvalue weighted by Gasteiger charge is 2.10. The highest BCUT2D eigenvalue weighted by atomic mass is 35.5. The van der Waals surface area contributed by atoms with E-state index in [1.807, 2.05) is 19.1 Å². The Hall–Kier alpha value is -1.58. The fourth-order valence-electron chi connectivity index (χ4n) is 1.85. The van der Waals surface area contributed by atoms with Crippen LogP contribution in [0.3, 0.4) is 0 Å². The molecule has 2 aromatic rings. The minimum absolute atomic E-state index is 0.0275. The number of ether oxygens (including phenoxy) is 1. The van der Waals surface area contributed by atoms with Crippen LogP contribution in [0.1, 0.15) is 24.1 Å². The van der Waals surface area contributed by atoms with E-state index in [4.69, 9.17) is 16.3 Å². The van der Waals surface area contributed by atoms with Crippen molar-refractivity contribution in [3.8, 4) is 5.75 Å². The average Bonchev–Trinajstić information content (AvgIpc) is 2.46. The first-order valence-corrected chi connectivity index (χ1v) is 6.82. The second kappa shape index (κ2) is 6.73. The predicted molar refractivity (Wildman–Crippen MR) is 79.7 cm³/mol. The summed E-state index contributed by atoms with van der Waals surface area (Å²) in [5.74, 6) is 0.255. The van der Waals surface area contributed by atoms with Gasteiger partial charge in [-0.25, -0.2) is 4.39 Å². The van der Waals surface area contributed by atoms with Gasteiger partial charge in [-0.2, -0.15) is 0 Å². The molecule has 0 fully saturated rings. The van der Waals surface area contributed by atoms with Crippen molar-refractivity contribution in [1.29, 1.82) is 0 Å². The van der Waals surface area contributed by atoms with Gasteiger partial charge in [0.05, 0.1) is 0 Å². The summed E-state index contributed by atoms with van der Waals surface area (Å²) in [5, 5.41) is 3.70. The standard InChI is InChI=1S/C16H17ClFNO/c1-11(19-2)15-8-7-14(9-16(15)18)20-10-12-3-5-13(17)6-4-12/h3-9,11,19H,10H2,1-2H3. The Bertz CT molecular complexity index is 571. The van der Waals surface area contributed by atoms with Crippen LogP contribution in [-0.4, -0.2) is 7.05 Å². The van der Waals surface area contributed by atoms with E-state index in [-0.39, 0.29) is 11.9 Å². The van der Waals surface area contributed by atoms with Crippen molar-refractivity contribution in [3.05, 3.63) is 64.4 Å². The summed E-state index contributed by atoms with van der Waals surface area (Å²) in [6.45, 7) is 2.30. The van der Waals surface area contributed by atoms with Crippen LogP contribution >= 0.6 is 11.6 Å². The summed E-state index contributed by atoms with van der Waals surface area (Å²) in [4.78, 5) is 0. The van der Waals surface area contributed by atoms with Gasteiger partial charge in [0.2, 0.25) is 0 Å². The molecule has 2 nitrogen and oxygen atoms in total. The van der Waals surface area contributed by atoms with Gasteiger partial charge in [0, 0.05) is 22.7 Å². The molecule has 0 saturated carbocycles. The van der Waals surface area contributed by atoms with Crippen molar-refractivity contribution in [1.82, 2.24) is 5.32 Å². The van der Waals surface area contributed by atoms with Gasteiger partial charge in [-0.15, -0.1) is 0 Å². The van der Waals surface area contributed by atoms with E-state index >= 15 is 0 Å². The molecule has 0 aliphatic rings. The van der Waals surface area contributed by atoms with Gasteiger partial charge in [0.15, 0.2) is 0 Å². The van der Waals surface area contributed by atoms with E-state index in [1.54, 1.807) is 31.3 Å². The summed E-state index contributed by atoms with van der Waals surface area (Å²) >= 11 is 5.81. The summed E-state index contributed by atoms with van der Waals surface area (Å²) in [7, 11) is 1.80. The first kappa shape index (κ1) is 14.8. The highest BCUT2D eigenvalue weighted by molar-refractivity contribution is 6.30. The van der Waals surface area contributed by atoms with Crippen LogP contribution < -0.4 is 10.1 Å². The molecule has 1 atom stereocenters. The number of hydrogen-bond acceptors (Lipinski definition) is 2. The van der Waals surface area contributed by atoms with Crippen LogP contribution in [0.15, 0.2) is 42.5 Å². The van der Waals surface area contributed by atoms with Crippen molar-refractivity contribution in [3.63, 3.8) is 0 Å². The number of benzene rings is 2. The SMILES string of the molecule is CNC(C)c1ccc(OCc2ccc(Cl)cc2)cc1F. The molecule has 2 rings (SSSR count). The molecule has 1 unspecified atom stereocenters. The van der Waals surface area contributed by atoms with Crippen LogP contribution in [0.5, 0.6) is 5.75 Å². The van der Waals surface area contributed by atoms with Crippen molar-refractivity contribution in [2.75, 3.05) is 7.05 Å². The van der Waals surface area contributed by atoms with Crippen LogP contribution in [0.4, 0.5) is 4.39 Å². The second-order valence-electron chi connectivity index (χ2n) is 4.61. The molecular formula is C16H17ClFNO. The van der Waals surface area contributed by atoms with Gasteiger partial charge < -0.3 is 10.1 Å². The number of rotatable bonds is 5. The molecule has 0 aliphatic heterocycles. The van der Waals surface area contributed by atoms with Crippen LogP contribution in [0.25, 0.3) is 0 Å². The van der Waals surface area contributed by atoms with Crippen molar-refractivity contribution < 1.29 is 9.13 Å². The Balaban J connectivity index is 2.03. The van der Waals surface area contributed by atoms with Crippen molar-refractivity contribution in [2.45, 2.75) is 19.6 Å². The normalized spacial score (nSPS) is 12.2. The van der Waals surface area contributed by atoms with Crippen LogP contribution in [0, 0.1) is 5.82 Å². The molecule has 4 heteroatoms. The molecule has 0 saturated heterocycles. The molecule has 0 heterocycles. The van der Waals surface area contributed by atoms with E-state index in [0.717, 1.165) is 5.56 Å². The molecule has 2 aromatic carbocycles. The smallest absolute Gasteiger partial charge is 0.131 e. The van der Waals surface area contributed by atoms with Gasteiger partial charge in [0.25, 0.3) is 0 Å². The molecule has 0 aliphatic carbocycles. The van der Waals surface area contributed by atoms with E-state index in [0.29, 0.717) is 22.9 Å². The van der Waals surface area contributed by atoms with E-state index in [1.165, 1.54) is 6.07 Å². The maximum Gasteiger partial charge on any atom is 0.131 e. The monoisotopic (exact) mass is 293 g/mol. The number of hydrogen-bond donors (Lipinski definition) is 1. The van der Waals surface area contributed by atoms with Crippen LogP contribution in [0.2, 0.25) is 5.02 Å². The molecule has 0 radical (unpaired) electrons. The lowest BCUT2D eigenvalue weighted by Crippen LogP contribution is -2.13. The largest absolute Gasteiger partial charge is 0.489 e. The lowest BCUT2D eigenvalue weighted by molar-refractivity contribution is 0.304. The summed E-state index contributed by atoms with van der Waals surface area (Å²) in [6, 6.07) is 12.3. The third kappa shape index (κ3) is 3.71. The Morgan fingerprint density at radius 1 is 1.20 bits per heavy atom. The van der Waals surface area contributed by atoms with Gasteiger partial charge >= 0.3 is 0 Å². The Morgan fingerprint density at radius 3 is 2.50 bits per heavy atom. The average molecular weight is 294 g/mol. The van der Waals surface area contributed by atoms with Crippen molar-refractivity contribution >= 4 is 11.6 Å². The van der Waals surface area contributed by atoms with Gasteiger partial charge in [0.1, 0.15) is 18.2 Å². The fourth-order valence-corrected chi connectivity index (χ4v) is 1.98. The summed E-state index contributed by atoms with van der Waals surface area (Å²) in [5.41, 5.74) is 1.62. The lowest BCUT2D eigenvalue weighted by atomic mass is 10.1. The fraction of sp³-hybridized carbons (Fsp3) is 0.250. The maximum atomic E-state index is 13.9. The Labute approximate surface area is 123 Å². The predicted octanol–water partition coefficient (Wildman–Crippen LogP) is 4.34. The van der Waals surface area contributed by atoms with Crippen molar-refractivity contribution in [2.24, 2.45) is 0 Å². The molecule has 106 valence electrons. The molecule has 1 N–H and O–H groups in total. The molecule has 0 aromatic heterocycles. The summed E-state index contributed by atoms with van der Waals surface area (Å²) < 4.78 is 19.5. The minimum atomic E-state index is -0.263. The van der Waals surface area contributed by atoms with Crippen LogP contribution in [-0.2, 0) is 6.61 Å². The molecule has 0 spiro atoms. The highest BCUT2D eigenvalue weighted by Crippen LogP contribution is 2.22. The molecule has 0 amide bonds. The topological polar surface area (TPSA) is 21.3 Å². The quantitative estimate of drug-likeness (QED) is 0.885. The van der Waals surface area contributed by atoms with E-state index in [9.17, 15) is 4.39 Å². The number of halogens is 2. The first-order chi connectivity index (χ1) is 9.60. The first-order valence-electron chi connectivity index (χ1n) is 6.44. The van der Waals surface area contributed by atoms with E-state index in [2.05, 4.69) is 5.32 Å². The Morgan fingerprint density at radius 2 is 1.90 bits per heavy atom. The molecule has 20 heavy (non-hydrogen) atoms. The maximum absolute atomic E-state index is 13.9. The lowest BCUT2D eigenvalue weighted by Gasteiger charge is -2.13. The minimum Gasteiger partial charge on any atom is -0.489 e. The zero-order chi connectivity index (χ0) is 14.5. The van der Waals surface area contributed by atoms with Gasteiger partial charge in [-0.3, -0.25) is 0 Å². The van der Waals surface area contributed by atoms with Gasteiger partial charge in [-0.05, 0) is 37.7 Å². The third-order valence-corrected chi connectivity index (χ3v) is 3.44. The van der Waals surface area contributed by atoms with Gasteiger partial charge in [-0.1, -0.05) is 29.8 Å².